The number of benzene rings is 1. The van der Waals surface area contributed by atoms with Crippen LogP contribution in [0.5, 0.6) is 0 Å². The molecule has 0 saturated carbocycles. The second kappa shape index (κ2) is 5.45. The molecule has 0 aliphatic carbocycles. The lowest BCUT2D eigenvalue weighted by Crippen LogP contribution is -2.26. The molecule has 2 N–H and O–H groups in total. The van der Waals surface area contributed by atoms with Gasteiger partial charge in [0.1, 0.15) is 0 Å². The average molecular weight is 257 g/mol. The van der Waals surface area contributed by atoms with Gasteiger partial charge in [-0.2, -0.15) is 5.10 Å². The van der Waals surface area contributed by atoms with Crippen LogP contribution in [0.2, 0.25) is 0 Å². The van der Waals surface area contributed by atoms with E-state index in [9.17, 15) is 0 Å². The highest BCUT2D eigenvalue weighted by Gasteiger charge is 2.22. The number of nitrogens with zero attached hydrogens (tertiary/aromatic N) is 1. The first-order valence-electron chi connectivity index (χ1n) is 6.77. The molecule has 0 spiro atoms. The van der Waals surface area contributed by atoms with Crippen molar-refractivity contribution in [2.24, 2.45) is 5.92 Å². The molecule has 2 aromatic rings. The molecular weight excluding hydrogens is 238 g/mol. The van der Waals surface area contributed by atoms with Crippen LogP contribution in [0.1, 0.15) is 13.3 Å². The van der Waals surface area contributed by atoms with E-state index in [4.69, 9.17) is 4.74 Å². The summed E-state index contributed by atoms with van der Waals surface area (Å²) < 4.78 is 5.45. The Morgan fingerprint density at radius 3 is 3.11 bits per heavy atom. The summed E-state index contributed by atoms with van der Waals surface area (Å²) in [6, 6.07) is 10.8. The van der Waals surface area contributed by atoms with Gasteiger partial charge in [0.05, 0.1) is 12.3 Å². The third-order valence-electron chi connectivity index (χ3n) is 3.74. The monoisotopic (exact) mass is 257 g/mol. The Bertz CT molecular complexity index is 518. The van der Waals surface area contributed by atoms with E-state index >= 15 is 0 Å². The third kappa shape index (κ3) is 2.79. The summed E-state index contributed by atoms with van der Waals surface area (Å²) in [6.45, 7) is 3.99. The van der Waals surface area contributed by atoms with Crippen LogP contribution in [0.15, 0.2) is 36.5 Å². The van der Waals surface area contributed by atoms with Gasteiger partial charge < -0.3 is 10.1 Å². The normalized spacial score (nSPS) is 20.4. The minimum Gasteiger partial charge on any atom is -0.382 e. The van der Waals surface area contributed by atoms with E-state index in [1.54, 1.807) is 6.20 Å². The Morgan fingerprint density at radius 2 is 2.37 bits per heavy atom. The zero-order valence-electron chi connectivity index (χ0n) is 11.1. The Labute approximate surface area is 113 Å². The maximum Gasteiger partial charge on any atom is 0.0650 e. The summed E-state index contributed by atoms with van der Waals surface area (Å²) >= 11 is 0. The van der Waals surface area contributed by atoms with Crippen molar-refractivity contribution in [2.75, 3.05) is 18.5 Å². The molecule has 1 aliphatic rings. The predicted octanol–water partition coefficient (Wildman–Crippen LogP) is 2.91. The van der Waals surface area contributed by atoms with Gasteiger partial charge in [-0.25, -0.2) is 0 Å². The van der Waals surface area contributed by atoms with Crippen LogP contribution in [0.3, 0.4) is 0 Å². The van der Waals surface area contributed by atoms with E-state index in [1.807, 2.05) is 6.07 Å². The molecule has 1 aromatic carbocycles. The number of hydrogen-bond donors (Lipinski definition) is 2. The number of hydrogen-bond acceptors (Lipinski definition) is 3. The second-order valence-electron chi connectivity index (χ2n) is 5.11. The second-order valence-corrected chi connectivity index (χ2v) is 5.11. The first kappa shape index (κ1) is 12.2. The molecule has 100 valence electrons. The van der Waals surface area contributed by atoms with Gasteiger partial charge in [-0.15, -0.1) is 0 Å². The molecule has 1 aliphatic heterocycles. The molecule has 19 heavy (non-hydrogen) atoms. The van der Waals surface area contributed by atoms with E-state index in [-0.39, 0.29) is 0 Å². The van der Waals surface area contributed by atoms with Crippen molar-refractivity contribution >= 4 is 5.69 Å². The topological polar surface area (TPSA) is 49.9 Å². The van der Waals surface area contributed by atoms with Crippen LogP contribution in [-0.4, -0.2) is 29.5 Å². The predicted molar refractivity (Wildman–Crippen MR) is 76.0 cm³/mol. The summed E-state index contributed by atoms with van der Waals surface area (Å²) in [5, 5.41) is 10.6. The number of nitrogens with one attached hydrogen (secondary N) is 2. The molecule has 2 unspecified atom stereocenters. The van der Waals surface area contributed by atoms with E-state index < -0.39 is 0 Å². The smallest absolute Gasteiger partial charge is 0.0650 e. The first-order valence-corrected chi connectivity index (χ1v) is 6.77. The number of rotatable bonds is 4. The fourth-order valence-corrected chi connectivity index (χ4v) is 2.52. The molecule has 0 radical (unpaired) electrons. The zero-order chi connectivity index (χ0) is 13.1. The lowest BCUT2D eigenvalue weighted by Gasteiger charge is -2.20. The summed E-state index contributed by atoms with van der Waals surface area (Å²) in [4.78, 5) is 0. The van der Waals surface area contributed by atoms with Gasteiger partial charge in [0.15, 0.2) is 0 Å². The molecule has 0 amide bonds. The average Bonchev–Trinajstić information content (AvgIpc) is 3.13. The van der Waals surface area contributed by atoms with Crippen LogP contribution >= 0.6 is 0 Å². The van der Waals surface area contributed by atoms with Gasteiger partial charge in [0.25, 0.3) is 0 Å². The first-order chi connectivity index (χ1) is 9.33. The van der Waals surface area contributed by atoms with Crippen molar-refractivity contribution in [3.05, 3.63) is 36.5 Å². The van der Waals surface area contributed by atoms with Crippen LogP contribution in [0.25, 0.3) is 11.3 Å². The maximum atomic E-state index is 5.45. The number of anilines is 1. The van der Waals surface area contributed by atoms with Crippen molar-refractivity contribution in [3.8, 4) is 11.3 Å². The highest BCUT2D eigenvalue weighted by Crippen LogP contribution is 2.24. The number of H-pyrrole nitrogens is 1. The minimum atomic E-state index is 0.430. The van der Waals surface area contributed by atoms with Gasteiger partial charge in [0.2, 0.25) is 0 Å². The summed E-state index contributed by atoms with van der Waals surface area (Å²) in [6.07, 6.45) is 2.92. The highest BCUT2D eigenvalue weighted by atomic mass is 16.5. The fraction of sp³-hybridized carbons (Fsp3) is 0.400. The molecule has 1 saturated heterocycles. The molecule has 4 heteroatoms. The lowest BCUT2D eigenvalue weighted by molar-refractivity contribution is 0.183. The van der Waals surface area contributed by atoms with Gasteiger partial charge in [0, 0.05) is 36.0 Å². The quantitative estimate of drug-likeness (QED) is 0.885. The van der Waals surface area contributed by atoms with Gasteiger partial charge >= 0.3 is 0 Å². The lowest BCUT2D eigenvalue weighted by atomic mass is 10.0. The summed E-state index contributed by atoms with van der Waals surface area (Å²) in [5.41, 5.74) is 3.34. The molecule has 4 nitrogen and oxygen atoms in total. The van der Waals surface area contributed by atoms with Crippen LogP contribution < -0.4 is 5.32 Å². The minimum absolute atomic E-state index is 0.430. The zero-order valence-corrected chi connectivity index (χ0v) is 11.1. The van der Waals surface area contributed by atoms with Crippen LogP contribution in [-0.2, 0) is 4.74 Å². The SMILES string of the molecule is CC(Nc1cccc(-c2ccn[nH]2)c1)C1CCOC1. The Balaban J connectivity index is 1.72. The molecule has 2 atom stereocenters. The molecule has 1 fully saturated rings. The van der Waals surface area contributed by atoms with Gasteiger partial charge in [-0.3, -0.25) is 5.10 Å². The van der Waals surface area contributed by atoms with E-state index in [0.29, 0.717) is 12.0 Å². The van der Waals surface area contributed by atoms with E-state index in [1.165, 1.54) is 0 Å². The van der Waals surface area contributed by atoms with Gasteiger partial charge in [-0.05, 0) is 31.5 Å². The molecule has 0 bridgehead atoms. The standard InChI is InChI=1S/C15H19N3O/c1-11(13-6-8-19-10-13)17-14-4-2-3-12(9-14)15-5-7-16-18-15/h2-5,7,9,11,13,17H,6,8,10H2,1H3,(H,16,18). The van der Waals surface area contributed by atoms with Crippen molar-refractivity contribution in [1.82, 2.24) is 10.2 Å². The Kier molecular flexibility index (Phi) is 3.51. The molecule has 1 aromatic heterocycles. The Hall–Kier alpha value is -1.81. The van der Waals surface area contributed by atoms with Crippen LogP contribution in [0.4, 0.5) is 5.69 Å². The molecule has 2 heterocycles. The number of ether oxygens (including phenoxy) is 1. The largest absolute Gasteiger partial charge is 0.382 e. The maximum absolute atomic E-state index is 5.45. The third-order valence-corrected chi connectivity index (χ3v) is 3.74. The van der Waals surface area contributed by atoms with Gasteiger partial charge in [-0.1, -0.05) is 12.1 Å². The summed E-state index contributed by atoms with van der Waals surface area (Å²) in [5.74, 6) is 0.607. The fourth-order valence-electron chi connectivity index (χ4n) is 2.52. The molecular formula is C15H19N3O. The summed E-state index contributed by atoms with van der Waals surface area (Å²) in [7, 11) is 0. The van der Waals surface area contributed by atoms with E-state index in [0.717, 1.165) is 36.6 Å². The Morgan fingerprint density at radius 1 is 1.42 bits per heavy atom. The molecule has 3 rings (SSSR count). The van der Waals surface area contributed by atoms with E-state index in [2.05, 4.69) is 46.7 Å². The van der Waals surface area contributed by atoms with Crippen molar-refractivity contribution in [1.29, 1.82) is 0 Å². The van der Waals surface area contributed by atoms with Crippen molar-refractivity contribution in [3.63, 3.8) is 0 Å². The highest BCUT2D eigenvalue weighted by molar-refractivity contribution is 5.64. The van der Waals surface area contributed by atoms with Crippen molar-refractivity contribution in [2.45, 2.75) is 19.4 Å². The number of aromatic nitrogens is 2. The van der Waals surface area contributed by atoms with Crippen LogP contribution in [0, 0.1) is 5.92 Å². The number of aromatic amines is 1. The van der Waals surface area contributed by atoms with Crippen molar-refractivity contribution < 1.29 is 4.74 Å².